The third-order valence-corrected chi connectivity index (χ3v) is 10.4. The van der Waals surface area contributed by atoms with Gasteiger partial charge in [0, 0.05) is 24.6 Å². The molecule has 1 N–H and O–H groups in total. The summed E-state index contributed by atoms with van der Waals surface area (Å²) in [5, 5.41) is 10.1. The van der Waals surface area contributed by atoms with E-state index in [0.717, 1.165) is 30.2 Å². The van der Waals surface area contributed by atoms with Crippen molar-refractivity contribution in [3.05, 3.63) is 68.7 Å². The summed E-state index contributed by atoms with van der Waals surface area (Å²) in [4.78, 5) is 26.1. The monoisotopic (exact) mass is 646 g/mol. The number of carbonyl (C=O) groups is 2. The zero-order valence-corrected chi connectivity index (χ0v) is 26.5. The van der Waals surface area contributed by atoms with Gasteiger partial charge >= 0.3 is 12.1 Å². The number of rotatable bonds is 7. The zero-order chi connectivity index (χ0) is 31.1. The maximum atomic E-state index is 13.2. The third kappa shape index (κ3) is 7.54. The van der Waals surface area contributed by atoms with Crippen LogP contribution in [0.3, 0.4) is 0 Å². The molecule has 1 aliphatic carbocycles. The number of nitrogens with zero attached hydrogens (tertiary/aromatic N) is 2. The molecule has 0 radical (unpaired) electrons. The molecule has 0 bridgehead atoms. The largest absolute Gasteiger partial charge is 0.478 e. The summed E-state index contributed by atoms with van der Waals surface area (Å²) in [5.41, 5.74) is 0.722. The standard InChI is InChI=1S/C27H32Cl2N2O8S2/c1-27(2,3)39-26(34)30(4)23-13-8-17(16-7-11-20(28)21(29)15-16)18-9-12-22(19(25(18)23)10-14-24(32)33)31(40(5,35)36)41(6,37)38/h7,9-12,14-15,17,23H,8,13H2,1-6H3,(H,32,33)/t17-,23-/m0/s1. The molecule has 14 heteroatoms. The smallest absolute Gasteiger partial charge is 0.410 e. The van der Waals surface area contributed by atoms with Gasteiger partial charge in [-0.3, -0.25) is 0 Å². The number of amides is 1. The Morgan fingerprint density at radius 2 is 1.61 bits per heavy atom. The number of hydrogen-bond acceptors (Lipinski definition) is 7. The summed E-state index contributed by atoms with van der Waals surface area (Å²) >= 11 is 12.4. The van der Waals surface area contributed by atoms with Crippen molar-refractivity contribution >= 4 is 67.1 Å². The van der Waals surface area contributed by atoms with Crippen LogP contribution in [0, 0.1) is 0 Å². The van der Waals surface area contributed by atoms with Gasteiger partial charge in [-0.2, -0.15) is 3.71 Å². The van der Waals surface area contributed by atoms with E-state index in [2.05, 4.69) is 0 Å². The van der Waals surface area contributed by atoms with Gasteiger partial charge in [0.05, 0.1) is 34.3 Å². The first-order valence-corrected chi connectivity index (χ1v) is 16.9. The number of carbonyl (C=O) groups excluding carboxylic acids is 1. The number of hydrogen-bond donors (Lipinski definition) is 1. The van der Waals surface area contributed by atoms with Crippen molar-refractivity contribution in [3.63, 3.8) is 0 Å². The number of ether oxygens (including phenoxy) is 1. The quantitative estimate of drug-likeness (QED) is 0.381. The van der Waals surface area contributed by atoms with Gasteiger partial charge in [0.1, 0.15) is 5.60 Å². The van der Waals surface area contributed by atoms with Crippen molar-refractivity contribution in [3.8, 4) is 0 Å². The van der Waals surface area contributed by atoms with Crippen LogP contribution in [0.15, 0.2) is 36.4 Å². The lowest BCUT2D eigenvalue weighted by Crippen LogP contribution is -2.39. The third-order valence-electron chi connectivity index (χ3n) is 6.42. The first-order valence-electron chi connectivity index (χ1n) is 12.4. The molecule has 2 atom stereocenters. The molecule has 0 unspecified atom stereocenters. The SMILES string of the molecule is CN(C(=O)OC(C)(C)C)[C@H]1CC[C@@H](c2ccc(Cl)c(Cl)c2)c2ccc(N(S(C)(=O)=O)S(C)(=O)=O)c(C=CC(=O)O)c21. The van der Waals surface area contributed by atoms with Gasteiger partial charge < -0.3 is 14.7 Å². The number of aliphatic carboxylic acids is 1. The van der Waals surface area contributed by atoms with Crippen LogP contribution in [-0.2, 0) is 29.6 Å². The maximum Gasteiger partial charge on any atom is 0.410 e. The Balaban J connectivity index is 2.42. The highest BCUT2D eigenvalue weighted by Crippen LogP contribution is 2.48. The van der Waals surface area contributed by atoms with E-state index in [0.29, 0.717) is 34.0 Å². The Hall–Kier alpha value is -2.80. The molecular weight excluding hydrogens is 615 g/mol. The lowest BCUT2D eigenvalue weighted by molar-refractivity contribution is -0.131. The van der Waals surface area contributed by atoms with Gasteiger partial charge in [-0.05, 0) is 74.6 Å². The summed E-state index contributed by atoms with van der Waals surface area (Å²) in [6, 6.07) is 7.33. The Labute approximate surface area is 250 Å². The van der Waals surface area contributed by atoms with E-state index in [9.17, 15) is 31.5 Å². The molecule has 0 spiro atoms. The van der Waals surface area contributed by atoms with Crippen LogP contribution < -0.4 is 3.71 Å². The van der Waals surface area contributed by atoms with Crippen molar-refractivity contribution in [2.45, 2.75) is 51.2 Å². The van der Waals surface area contributed by atoms with E-state index in [4.69, 9.17) is 27.9 Å². The second-order valence-corrected chi connectivity index (χ2v) is 15.5. The molecule has 1 amide bonds. The molecule has 2 aromatic carbocycles. The zero-order valence-electron chi connectivity index (χ0n) is 23.4. The summed E-state index contributed by atoms with van der Waals surface area (Å²) < 4.78 is 56.9. The highest BCUT2D eigenvalue weighted by atomic mass is 35.5. The summed E-state index contributed by atoms with van der Waals surface area (Å²) in [7, 11) is -7.26. The van der Waals surface area contributed by atoms with Crippen LogP contribution in [0.4, 0.5) is 10.5 Å². The Kier molecular flexibility index (Phi) is 9.44. The molecule has 0 aromatic heterocycles. The average Bonchev–Trinajstić information content (AvgIpc) is 2.80. The Morgan fingerprint density at radius 3 is 2.12 bits per heavy atom. The molecule has 0 fully saturated rings. The molecule has 0 saturated heterocycles. The number of benzene rings is 2. The number of halogens is 2. The minimum atomic E-state index is -4.39. The van der Waals surface area contributed by atoms with Crippen molar-refractivity contribution in [2.75, 3.05) is 23.3 Å². The van der Waals surface area contributed by atoms with E-state index in [1.165, 1.54) is 18.0 Å². The van der Waals surface area contributed by atoms with Crippen LogP contribution in [0.25, 0.3) is 6.08 Å². The van der Waals surface area contributed by atoms with Gasteiger partial charge in [0.2, 0.25) is 20.0 Å². The Bertz CT molecular complexity index is 1580. The second kappa shape index (κ2) is 11.8. The van der Waals surface area contributed by atoms with E-state index < -0.39 is 43.8 Å². The van der Waals surface area contributed by atoms with Gasteiger partial charge in [0.15, 0.2) is 0 Å². The number of anilines is 1. The fraction of sp³-hybridized carbons (Fsp3) is 0.407. The summed E-state index contributed by atoms with van der Waals surface area (Å²) in [5.74, 6) is -1.66. The first kappa shape index (κ1) is 32.7. The number of sulfonamides is 2. The molecule has 3 rings (SSSR count). The lowest BCUT2D eigenvalue weighted by atomic mass is 9.74. The van der Waals surface area contributed by atoms with Gasteiger partial charge in [-0.25, -0.2) is 26.4 Å². The normalized spacial score (nSPS) is 17.7. The van der Waals surface area contributed by atoms with Crippen molar-refractivity contribution < 1.29 is 36.3 Å². The molecule has 0 heterocycles. The molecular formula is C27H32Cl2N2O8S2. The van der Waals surface area contributed by atoms with Crippen LogP contribution in [0.5, 0.6) is 0 Å². The fourth-order valence-electron chi connectivity index (χ4n) is 4.96. The number of carboxylic acid groups (broad SMARTS) is 1. The van der Waals surface area contributed by atoms with E-state index in [1.54, 1.807) is 45.0 Å². The minimum absolute atomic E-state index is 0.0194. The lowest BCUT2D eigenvalue weighted by Gasteiger charge is -2.39. The molecule has 1 aliphatic rings. The van der Waals surface area contributed by atoms with E-state index in [1.807, 2.05) is 0 Å². The van der Waals surface area contributed by atoms with Crippen LogP contribution >= 0.6 is 23.2 Å². The molecule has 224 valence electrons. The summed E-state index contributed by atoms with van der Waals surface area (Å²) in [6.07, 6.45) is 3.61. The van der Waals surface area contributed by atoms with Gasteiger partial charge in [0.25, 0.3) is 0 Å². The van der Waals surface area contributed by atoms with E-state index in [-0.39, 0.29) is 20.9 Å². The molecule has 2 aromatic rings. The molecule has 0 saturated carbocycles. The van der Waals surface area contributed by atoms with Crippen LogP contribution in [0.1, 0.15) is 67.8 Å². The van der Waals surface area contributed by atoms with Gasteiger partial charge in [-0.15, -0.1) is 0 Å². The Morgan fingerprint density at radius 1 is 1.00 bits per heavy atom. The van der Waals surface area contributed by atoms with Crippen LogP contribution in [0.2, 0.25) is 10.0 Å². The fourth-order valence-corrected chi connectivity index (χ4v) is 8.26. The highest BCUT2D eigenvalue weighted by molar-refractivity contribution is 8.09. The molecule has 10 nitrogen and oxygen atoms in total. The number of fused-ring (bicyclic) bond motifs is 1. The van der Waals surface area contributed by atoms with Crippen molar-refractivity contribution in [2.24, 2.45) is 0 Å². The summed E-state index contributed by atoms with van der Waals surface area (Å²) in [6.45, 7) is 5.13. The van der Waals surface area contributed by atoms with Crippen molar-refractivity contribution in [1.82, 2.24) is 4.90 Å². The van der Waals surface area contributed by atoms with Crippen LogP contribution in [-0.4, -0.2) is 64.1 Å². The van der Waals surface area contributed by atoms with E-state index >= 15 is 0 Å². The van der Waals surface area contributed by atoms with Gasteiger partial charge in [-0.1, -0.05) is 35.3 Å². The topological polar surface area (TPSA) is 138 Å². The van der Waals surface area contributed by atoms with Crippen molar-refractivity contribution in [1.29, 1.82) is 0 Å². The highest BCUT2D eigenvalue weighted by Gasteiger charge is 2.39. The minimum Gasteiger partial charge on any atom is -0.478 e. The molecule has 41 heavy (non-hydrogen) atoms. The number of carboxylic acids is 1. The maximum absolute atomic E-state index is 13.2. The predicted molar refractivity (Wildman–Crippen MR) is 160 cm³/mol. The second-order valence-electron chi connectivity index (χ2n) is 10.8. The predicted octanol–water partition coefficient (Wildman–Crippen LogP) is 5.65. The first-order chi connectivity index (χ1) is 18.7. The average molecular weight is 648 g/mol. The molecule has 0 aliphatic heterocycles.